The Morgan fingerprint density at radius 1 is 1.24 bits per heavy atom. The highest BCUT2D eigenvalue weighted by atomic mass is 16.5. The van der Waals surface area contributed by atoms with Crippen molar-refractivity contribution >= 4 is 18.9 Å². The molecule has 0 bridgehead atoms. The summed E-state index contributed by atoms with van der Waals surface area (Å²) in [7, 11) is -0.106. The molecule has 160 valence electrons. The maximum Gasteiger partial charge on any atom is 0.475 e. The molecule has 29 heavy (non-hydrogen) atoms. The van der Waals surface area contributed by atoms with E-state index in [1.807, 2.05) is 32.0 Å². The zero-order chi connectivity index (χ0) is 21.6. The predicted octanol–water partition coefficient (Wildman–Crippen LogP) is -0.180. The van der Waals surface area contributed by atoms with E-state index in [1.165, 1.54) is 0 Å². The van der Waals surface area contributed by atoms with Gasteiger partial charge >= 0.3 is 7.12 Å². The van der Waals surface area contributed by atoms with Crippen LogP contribution < -0.4 is 15.4 Å². The maximum absolute atomic E-state index is 12.7. The van der Waals surface area contributed by atoms with Crippen LogP contribution in [0.4, 0.5) is 0 Å². The molecule has 5 N–H and O–H groups in total. The summed E-state index contributed by atoms with van der Waals surface area (Å²) in [5.74, 6) is -1.19. The first kappa shape index (κ1) is 23.2. The highest BCUT2D eigenvalue weighted by Gasteiger charge is 2.32. The van der Waals surface area contributed by atoms with Crippen molar-refractivity contribution in [1.29, 1.82) is 0 Å². The Kier molecular flexibility index (Phi) is 8.49. The van der Waals surface area contributed by atoms with Gasteiger partial charge in [-0.05, 0) is 54.9 Å². The van der Waals surface area contributed by atoms with E-state index in [2.05, 4.69) is 10.6 Å². The van der Waals surface area contributed by atoms with Crippen LogP contribution in [0.1, 0.15) is 37.8 Å². The van der Waals surface area contributed by atoms with Crippen LogP contribution in [0.15, 0.2) is 18.2 Å². The molecule has 1 unspecified atom stereocenters. The van der Waals surface area contributed by atoms with Crippen molar-refractivity contribution in [3.8, 4) is 5.75 Å². The van der Waals surface area contributed by atoms with Gasteiger partial charge < -0.3 is 30.5 Å². The maximum atomic E-state index is 12.7. The van der Waals surface area contributed by atoms with E-state index in [1.54, 1.807) is 7.11 Å². The van der Waals surface area contributed by atoms with Gasteiger partial charge in [0.05, 0.1) is 19.7 Å². The van der Waals surface area contributed by atoms with Crippen LogP contribution in [-0.4, -0.2) is 59.8 Å². The summed E-state index contributed by atoms with van der Waals surface area (Å²) in [6.45, 7) is 3.21. The van der Waals surface area contributed by atoms with Gasteiger partial charge in [0.15, 0.2) is 0 Å². The first-order valence-electron chi connectivity index (χ1n) is 9.98. The highest BCUT2D eigenvalue weighted by molar-refractivity contribution is 6.43. The molecule has 9 heteroatoms. The van der Waals surface area contributed by atoms with Gasteiger partial charge in [0.2, 0.25) is 11.8 Å². The third kappa shape index (κ3) is 6.45. The van der Waals surface area contributed by atoms with Crippen LogP contribution in [-0.2, 0) is 22.4 Å². The summed E-state index contributed by atoms with van der Waals surface area (Å²) in [5, 5.41) is 33.6. The first-order chi connectivity index (χ1) is 13.7. The molecule has 8 nitrogen and oxygen atoms in total. The molecule has 1 aromatic rings. The van der Waals surface area contributed by atoms with Crippen LogP contribution in [0.2, 0.25) is 0 Å². The molecule has 3 atom stereocenters. The van der Waals surface area contributed by atoms with Crippen LogP contribution in [0.3, 0.4) is 0 Å². The molecule has 0 aromatic heterocycles. The van der Waals surface area contributed by atoms with Crippen LogP contribution >= 0.6 is 0 Å². The zero-order valence-corrected chi connectivity index (χ0v) is 17.2. The summed E-state index contributed by atoms with van der Waals surface area (Å²) in [6.07, 6.45) is 2.28. The number of nitrogens with one attached hydrogen (secondary N) is 2. The van der Waals surface area contributed by atoms with Crippen molar-refractivity contribution in [2.75, 3.05) is 13.7 Å². The quantitative estimate of drug-likeness (QED) is 0.362. The summed E-state index contributed by atoms with van der Waals surface area (Å²) in [4.78, 5) is 25.1. The van der Waals surface area contributed by atoms with Gasteiger partial charge in [-0.3, -0.25) is 9.59 Å². The second-order valence-electron chi connectivity index (χ2n) is 7.98. The number of aliphatic hydroxyl groups excluding tert-OH is 1. The number of hydrogen-bond acceptors (Lipinski definition) is 6. The number of rotatable bonds is 9. The number of hydrogen-bond donors (Lipinski definition) is 5. The van der Waals surface area contributed by atoms with E-state index in [9.17, 15) is 24.7 Å². The molecule has 1 aliphatic rings. The highest BCUT2D eigenvalue weighted by Crippen LogP contribution is 2.28. The molecule has 0 spiro atoms. The molecule has 0 heterocycles. The van der Waals surface area contributed by atoms with Gasteiger partial charge in [-0.1, -0.05) is 19.9 Å². The number of carbonyl (C=O) groups excluding carboxylic acids is 2. The lowest BCUT2D eigenvalue weighted by Gasteiger charge is -2.27. The minimum atomic E-state index is -1.72. The number of ether oxygens (including phenoxy) is 1. The lowest BCUT2D eigenvalue weighted by atomic mass is 9.75. The summed E-state index contributed by atoms with van der Waals surface area (Å²) in [5.41, 5.74) is 2.22. The molecule has 0 saturated heterocycles. The second-order valence-corrected chi connectivity index (χ2v) is 7.98. The lowest BCUT2D eigenvalue weighted by molar-refractivity contribution is -0.132. The van der Waals surface area contributed by atoms with Gasteiger partial charge in [0.1, 0.15) is 11.8 Å². The topological polar surface area (TPSA) is 128 Å². The number of aliphatic hydroxyl groups is 1. The predicted molar refractivity (Wildman–Crippen MR) is 109 cm³/mol. The molecule has 2 amide bonds. The van der Waals surface area contributed by atoms with Crippen molar-refractivity contribution in [3.63, 3.8) is 0 Å². The standard InChI is InChI=1S/C20H31BN2O6/c1-12(2)8-18(21(27)28)23-20(26)17(11-24)22-19(25)15-5-4-14-10-16(29-3)7-6-13(14)9-15/h6-7,10,12,15,17-18,24,27-28H,4-5,8-9,11H2,1-3H3,(H,22,25)(H,23,26)/t15?,17-,18-/m0/s1. The summed E-state index contributed by atoms with van der Waals surface area (Å²) in [6, 6.07) is 4.64. The summed E-state index contributed by atoms with van der Waals surface area (Å²) < 4.78 is 5.23. The third-order valence-corrected chi connectivity index (χ3v) is 5.24. The Balaban J connectivity index is 1.97. The average Bonchev–Trinajstić information content (AvgIpc) is 2.69. The van der Waals surface area contributed by atoms with Crippen molar-refractivity contribution in [2.24, 2.45) is 11.8 Å². The minimum Gasteiger partial charge on any atom is -0.497 e. The molecule has 0 saturated carbocycles. The van der Waals surface area contributed by atoms with E-state index >= 15 is 0 Å². The number of fused-ring (bicyclic) bond motifs is 1. The van der Waals surface area contributed by atoms with Gasteiger partial charge in [-0.2, -0.15) is 0 Å². The Labute approximate surface area is 171 Å². The van der Waals surface area contributed by atoms with Gasteiger partial charge in [0.25, 0.3) is 0 Å². The van der Waals surface area contributed by atoms with Crippen LogP contribution in [0.25, 0.3) is 0 Å². The van der Waals surface area contributed by atoms with Crippen molar-refractivity contribution in [1.82, 2.24) is 10.6 Å². The summed E-state index contributed by atoms with van der Waals surface area (Å²) >= 11 is 0. The fourth-order valence-electron chi connectivity index (χ4n) is 3.61. The van der Waals surface area contributed by atoms with Crippen LogP contribution in [0.5, 0.6) is 5.75 Å². The molecule has 1 aromatic carbocycles. The first-order valence-corrected chi connectivity index (χ1v) is 9.98. The largest absolute Gasteiger partial charge is 0.497 e. The van der Waals surface area contributed by atoms with Crippen molar-refractivity contribution in [2.45, 2.75) is 51.5 Å². The second kappa shape index (κ2) is 10.6. The number of benzene rings is 1. The van der Waals surface area contributed by atoms with Crippen LogP contribution in [0, 0.1) is 11.8 Å². The van der Waals surface area contributed by atoms with E-state index in [-0.39, 0.29) is 17.7 Å². The molecular weight excluding hydrogens is 375 g/mol. The number of methoxy groups -OCH3 is 1. The van der Waals surface area contributed by atoms with E-state index in [4.69, 9.17) is 4.74 Å². The van der Waals surface area contributed by atoms with E-state index in [0.717, 1.165) is 23.3 Å². The monoisotopic (exact) mass is 406 g/mol. The molecule has 1 aliphatic carbocycles. The SMILES string of the molecule is COc1ccc2c(c1)CCC(C(=O)N[C@@H](CO)C(=O)N[C@@H](CC(C)C)B(O)O)C2. The minimum absolute atomic E-state index is 0.130. The zero-order valence-electron chi connectivity index (χ0n) is 17.2. The van der Waals surface area contributed by atoms with Crippen molar-refractivity contribution in [3.05, 3.63) is 29.3 Å². The van der Waals surface area contributed by atoms with Gasteiger partial charge in [-0.25, -0.2) is 0 Å². The number of aryl methyl sites for hydroxylation is 1. The molecule has 0 radical (unpaired) electrons. The fraction of sp³-hybridized carbons (Fsp3) is 0.600. The Bertz CT molecular complexity index is 712. The molecule has 0 aliphatic heterocycles. The lowest BCUT2D eigenvalue weighted by Crippen LogP contribution is -2.56. The number of carbonyl (C=O) groups is 2. The van der Waals surface area contributed by atoms with Crippen molar-refractivity contribution < 1.29 is 29.5 Å². The van der Waals surface area contributed by atoms with Gasteiger partial charge in [0, 0.05) is 5.92 Å². The third-order valence-electron chi connectivity index (χ3n) is 5.24. The van der Waals surface area contributed by atoms with E-state index in [0.29, 0.717) is 19.3 Å². The molecule has 2 rings (SSSR count). The Morgan fingerprint density at radius 3 is 2.55 bits per heavy atom. The van der Waals surface area contributed by atoms with Gasteiger partial charge in [-0.15, -0.1) is 0 Å². The average molecular weight is 406 g/mol. The van der Waals surface area contributed by atoms with E-state index < -0.39 is 31.6 Å². The number of amides is 2. The fourth-order valence-corrected chi connectivity index (χ4v) is 3.61. The Hall–Kier alpha value is -2.10. The normalized spacial score (nSPS) is 17.8. The Morgan fingerprint density at radius 2 is 1.97 bits per heavy atom. The molecular formula is C20H31BN2O6. The smallest absolute Gasteiger partial charge is 0.475 e. The molecule has 0 fully saturated rings.